The summed E-state index contributed by atoms with van der Waals surface area (Å²) >= 11 is 0. The van der Waals surface area contributed by atoms with E-state index in [1.165, 1.54) is 7.11 Å². The Bertz CT molecular complexity index is 802. The topological polar surface area (TPSA) is 65.1 Å². The van der Waals surface area contributed by atoms with Crippen LogP contribution in [0.15, 0.2) is 42.5 Å². The van der Waals surface area contributed by atoms with Crippen LogP contribution in [-0.4, -0.2) is 37.6 Å². The number of benzene rings is 2. The van der Waals surface area contributed by atoms with E-state index in [2.05, 4.69) is 0 Å². The van der Waals surface area contributed by atoms with Crippen molar-refractivity contribution in [3.8, 4) is 11.5 Å². The van der Waals surface area contributed by atoms with E-state index in [1.807, 2.05) is 24.3 Å². The van der Waals surface area contributed by atoms with Crippen molar-refractivity contribution in [2.75, 3.05) is 20.8 Å². The van der Waals surface area contributed by atoms with Crippen LogP contribution in [0.25, 0.3) is 0 Å². The summed E-state index contributed by atoms with van der Waals surface area (Å²) in [5.74, 6) is 0.815. The highest BCUT2D eigenvalue weighted by molar-refractivity contribution is 5.90. The summed E-state index contributed by atoms with van der Waals surface area (Å²) in [6, 6.07) is 12.6. The molecular weight excluding hydrogens is 322 g/mol. The number of carbonyl (C=O) groups is 2. The van der Waals surface area contributed by atoms with Crippen LogP contribution in [0.5, 0.6) is 11.5 Å². The predicted octanol–water partition coefficient (Wildman–Crippen LogP) is 2.40. The molecule has 0 aliphatic carbocycles. The van der Waals surface area contributed by atoms with Gasteiger partial charge in [-0.05, 0) is 35.9 Å². The minimum atomic E-state index is -0.419. The Morgan fingerprint density at radius 2 is 2.04 bits per heavy atom. The smallest absolute Gasteiger partial charge is 0.337 e. The number of hydrogen-bond acceptors (Lipinski definition) is 5. The number of rotatable bonds is 4. The lowest BCUT2D eigenvalue weighted by atomic mass is 10.1. The molecule has 2 aromatic rings. The minimum absolute atomic E-state index is 0.0332. The third kappa shape index (κ3) is 3.74. The minimum Gasteiger partial charge on any atom is -0.497 e. The van der Waals surface area contributed by atoms with Crippen LogP contribution < -0.4 is 9.47 Å². The van der Waals surface area contributed by atoms with Crippen LogP contribution in [0.4, 0.5) is 0 Å². The van der Waals surface area contributed by atoms with Crippen molar-refractivity contribution >= 4 is 11.9 Å². The molecule has 0 saturated carbocycles. The molecule has 1 aliphatic rings. The fourth-order valence-corrected chi connectivity index (χ4v) is 2.75. The van der Waals surface area contributed by atoms with Gasteiger partial charge in [0.05, 0.1) is 19.8 Å². The number of carbonyl (C=O) groups excluding carboxylic acids is 2. The molecule has 1 heterocycles. The number of nitrogens with zero attached hydrogens (tertiary/aromatic N) is 1. The fourth-order valence-electron chi connectivity index (χ4n) is 2.75. The van der Waals surface area contributed by atoms with E-state index in [-0.39, 0.29) is 12.5 Å². The molecule has 0 fully saturated rings. The molecular formula is C19H19NO5. The highest BCUT2D eigenvalue weighted by Crippen LogP contribution is 2.26. The molecule has 0 atom stereocenters. The first-order chi connectivity index (χ1) is 12.1. The summed E-state index contributed by atoms with van der Waals surface area (Å²) in [5.41, 5.74) is 2.16. The second-order valence-corrected chi connectivity index (χ2v) is 5.70. The lowest BCUT2D eigenvalue weighted by molar-refractivity contribution is -0.133. The van der Waals surface area contributed by atoms with E-state index in [0.29, 0.717) is 24.4 Å². The van der Waals surface area contributed by atoms with Crippen molar-refractivity contribution in [1.29, 1.82) is 0 Å². The van der Waals surface area contributed by atoms with Gasteiger partial charge in [-0.2, -0.15) is 0 Å². The van der Waals surface area contributed by atoms with E-state index in [4.69, 9.17) is 14.2 Å². The molecule has 6 nitrogen and oxygen atoms in total. The van der Waals surface area contributed by atoms with Crippen LogP contribution in [0, 0.1) is 0 Å². The zero-order valence-electron chi connectivity index (χ0n) is 14.2. The molecule has 0 aromatic heterocycles. The normalized spacial score (nSPS) is 13.5. The molecule has 0 N–H and O–H groups in total. The van der Waals surface area contributed by atoms with Gasteiger partial charge in [0.25, 0.3) is 5.91 Å². The fraction of sp³-hybridized carbons (Fsp3) is 0.263. The summed E-state index contributed by atoms with van der Waals surface area (Å²) in [5, 5.41) is 0. The van der Waals surface area contributed by atoms with Gasteiger partial charge in [-0.15, -0.1) is 0 Å². The SMILES string of the molecule is COC(=O)c1ccc2c(c1)CN(Cc1cccc(OC)c1)C(=O)CO2. The second kappa shape index (κ2) is 7.25. The maximum absolute atomic E-state index is 12.4. The summed E-state index contributed by atoms with van der Waals surface area (Å²) in [4.78, 5) is 25.8. The summed E-state index contributed by atoms with van der Waals surface area (Å²) in [6.07, 6.45) is 0. The third-order valence-corrected chi connectivity index (χ3v) is 4.05. The second-order valence-electron chi connectivity index (χ2n) is 5.70. The Kier molecular flexibility index (Phi) is 4.88. The van der Waals surface area contributed by atoms with Crippen LogP contribution in [0.1, 0.15) is 21.5 Å². The standard InChI is InChI=1S/C19H19NO5/c1-23-16-5-3-4-13(8-16)10-20-11-15-9-14(19(22)24-2)6-7-17(15)25-12-18(20)21/h3-9H,10-12H2,1-2H3. The number of methoxy groups -OCH3 is 2. The number of amides is 1. The molecule has 1 aliphatic heterocycles. The zero-order valence-corrected chi connectivity index (χ0v) is 14.2. The highest BCUT2D eigenvalue weighted by atomic mass is 16.5. The number of fused-ring (bicyclic) bond motifs is 1. The van der Waals surface area contributed by atoms with Crippen LogP contribution >= 0.6 is 0 Å². The molecule has 0 unspecified atom stereocenters. The monoisotopic (exact) mass is 341 g/mol. The van der Waals surface area contributed by atoms with E-state index >= 15 is 0 Å². The Hall–Kier alpha value is -3.02. The van der Waals surface area contributed by atoms with Crippen LogP contribution in [0.3, 0.4) is 0 Å². The van der Waals surface area contributed by atoms with Gasteiger partial charge in [0, 0.05) is 18.7 Å². The third-order valence-electron chi connectivity index (χ3n) is 4.05. The van der Waals surface area contributed by atoms with Gasteiger partial charge in [-0.25, -0.2) is 4.79 Å². The summed E-state index contributed by atoms with van der Waals surface area (Å²) in [7, 11) is 2.94. The average Bonchev–Trinajstić information content (AvgIpc) is 2.80. The van der Waals surface area contributed by atoms with Crippen LogP contribution in [-0.2, 0) is 22.6 Å². The average molecular weight is 341 g/mol. The molecule has 25 heavy (non-hydrogen) atoms. The first-order valence-electron chi connectivity index (χ1n) is 7.85. The lowest BCUT2D eigenvalue weighted by Crippen LogP contribution is -2.31. The van der Waals surface area contributed by atoms with E-state index in [9.17, 15) is 9.59 Å². The van der Waals surface area contributed by atoms with Crippen LogP contribution in [0.2, 0.25) is 0 Å². The number of ether oxygens (including phenoxy) is 3. The number of hydrogen-bond donors (Lipinski definition) is 0. The zero-order chi connectivity index (χ0) is 17.8. The molecule has 1 amide bonds. The summed E-state index contributed by atoms with van der Waals surface area (Å²) in [6.45, 7) is 0.756. The Labute approximate surface area is 145 Å². The van der Waals surface area contributed by atoms with Crippen molar-refractivity contribution < 1.29 is 23.8 Å². The molecule has 0 bridgehead atoms. The maximum Gasteiger partial charge on any atom is 0.337 e. The Balaban J connectivity index is 1.85. The van der Waals surface area contributed by atoms with Gasteiger partial charge in [0.1, 0.15) is 11.5 Å². The van der Waals surface area contributed by atoms with Crippen molar-refractivity contribution in [1.82, 2.24) is 4.90 Å². The van der Waals surface area contributed by atoms with Gasteiger partial charge in [0.2, 0.25) is 0 Å². The van der Waals surface area contributed by atoms with E-state index in [0.717, 1.165) is 16.9 Å². The van der Waals surface area contributed by atoms with Gasteiger partial charge in [0.15, 0.2) is 6.61 Å². The van der Waals surface area contributed by atoms with Crippen molar-refractivity contribution in [2.45, 2.75) is 13.1 Å². The van der Waals surface area contributed by atoms with Gasteiger partial charge in [-0.3, -0.25) is 4.79 Å². The van der Waals surface area contributed by atoms with Crippen molar-refractivity contribution in [3.05, 3.63) is 59.2 Å². The van der Waals surface area contributed by atoms with Gasteiger partial charge >= 0.3 is 5.97 Å². The predicted molar refractivity (Wildman–Crippen MR) is 90.5 cm³/mol. The lowest BCUT2D eigenvalue weighted by Gasteiger charge is -2.20. The highest BCUT2D eigenvalue weighted by Gasteiger charge is 2.23. The first kappa shape index (κ1) is 16.8. The maximum atomic E-state index is 12.4. The van der Waals surface area contributed by atoms with Gasteiger partial charge in [-0.1, -0.05) is 12.1 Å². The van der Waals surface area contributed by atoms with Gasteiger partial charge < -0.3 is 19.1 Å². The molecule has 0 spiro atoms. The Morgan fingerprint density at radius 3 is 2.80 bits per heavy atom. The molecule has 0 saturated heterocycles. The molecule has 2 aromatic carbocycles. The molecule has 6 heteroatoms. The van der Waals surface area contributed by atoms with E-state index < -0.39 is 5.97 Å². The largest absolute Gasteiger partial charge is 0.497 e. The molecule has 0 radical (unpaired) electrons. The summed E-state index contributed by atoms with van der Waals surface area (Å²) < 4.78 is 15.6. The quantitative estimate of drug-likeness (QED) is 0.799. The first-order valence-corrected chi connectivity index (χ1v) is 7.85. The molecule has 3 rings (SSSR count). The van der Waals surface area contributed by atoms with E-state index in [1.54, 1.807) is 30.2 Å². The number of esters is 1. The molecule has 130 valence electrons. The van der Waals surface area contributed by atoms with Crippen molar-refractivity contribution in [2.24, 2.45) is 0 Å². The Morgan fingerprint density at radius 1 is 1.20 bits per heavy atom. The van der Waals surface area contributed by atoms with Crippen molar-refractivity contribution in [3.63, 3.8) is 0 Å².